The first-order valence-electron chi connectivity index (χ1n) is 9.75. The third-order valence-corrected chi connectivity index (χ3v) is 4.59. The Hall–Kier alpha value is -0.890. The van der Waals surface area contributed by atoms with Crippen LogP contribution in [0.3, 0.4) is 0 Å². The van der Waals surface area contributed by atoms with Crippen molar-refractivity contribution < 1.29 is 14.2 Å². The van der Waals surface area contributed by atoms with Crippen molar-refractivity contribution in [3.63, 3.8) is 0 Å². The Morgan fingerprint density at radius 2 is 2.08 bits per heavy atom. The lowest BCUT2D eigenvalue weighted by molar-refractivity contribution is -0.0136. The summed E-state index contributed by atoms with van der Waals surface area (Å²) in [5.41, 5.74) is 0. The molecular weight excluding hydrogens is 320 g/mol. The predicted molar refractivity (Wildman–Crippen MR) is 100 cm³/mol. The average molecular weight is 357 g/mol. The quantitative estimate of drug-likeness (QED) is 0.360. The fourth-order valence-corrected chi connectivity index (χ4v) is 3.06. The molecule has 0 radical (unpaired) electrons. The van der Waals surface area contributed by atoms with Crippen molar-refractivity contribution in [2.45, 2.75) is 32.3 Å². The van der Waals surface area contributed by atoms with Crippen LogP contribution in [0.2, 0.25) is 0 Å². The Kier molecular flexibility index (Phi) is 10.2. The standard InChI is InChI=1S/C18H36N4O3/c1-3-19-18(21-13-17-14-22(2)8-12-25-17)20-7-4-9-24-15-16-5-10-23-11-6-16/h16-17H,3-15H2,1-2H3,(H2,19,20,21). The third-order valence-electron chi connectivity index (χ3n) is 4.59. The number of ether oxygens (including phenoxy) is 3. The minimum Gasteiger partial charge on any atom is -0.381 e. The van der Waals surface area contributed by atoms with Gasteiger partial charge in [-0.3, -0.25) is 4.99 Å². The van der Waals surface area contributed by atoms with Crippen molar-refractivity contribution in [3.8, 4) is 0 Å². The fraction of sp³-hybridized carbons (Fsp3) is 0.944. The van der Waals surface area contributed by atoms with Gasteiger partial charge in [-0.05, 0) is 39.2 Å². The molecule has 7 heteroatoms. The Labute approximate surface area is 152 Å². The van der Waals surface area contributed by atoms with Gasteiger partial charge in [0.15, 0.2) is 5.96 Å². The van der Waals surface area contributed by atoms with E-state index in [0.29, 0.717) is 12.5 Å². The Balaban J connectivity index is 1.56. The molecular formula is C18H36N4O3. The van der Waals surface area contributed by atoms with Gasteiger partial charge in [0, 0.05) is 52.6 Å². The van der Waals surface area contributed by atoms with Crippen molar-refractivity contribution in [2.24, 2.45) is 10.9 Å². The van der Waals surface area contributed by atoms with E-state index in [4.69, 9.17) is 14.2 Å². The van der Waals surface area contributed by atoms with E-state index in [1.54, 1.807) is 0 Å². The third kappa shape index (κ3) is 8.85. The highest BCUT2D eigenvalue weighted by molar-refractivity contribution is 5.79. The maximum absolute atomic E-state index is 5.80. The Morgan fingerprint density at radius 1 is 1.24 bits per heavy atom. The predicted octanol–water partition coefficient (Wildman–Crippen LogP) is 0.705. The van der Waals surface area contributed by atoms with Crippen LogP contribution in [0.4, 0.5) is 0 Å². The molecule has 1 atom stereocenters. The monoisotopic (exact) mass is 356 g/mol. The minimum atomic E-state index is 0.192. The summed E-state index contributed by atoms with van der Waals surface area (Å²) in [6.45, 7) is 10.7. The van der Waals surface area contributed by atoms with Gasteiger partial charge in [0.2, 0.25) is 0 Å². The molecule has 25 heavy (non-hydrogen) atoms. The van der Waals surface area contributed by atoms with Crippen LogP contribution in [-0.2, 0) is 14.2 Å². The summed E-state index contributed by atoms with van der Waals surface area (Å²) in [5.74, 6) is 1.54. The Bertz CT molecular complexity index is 375. The van der Waals surface area contributed by atoms with E-state index in [-0.39, 0.29) is 6.10 Å². The van der Waals surface area contributed by atoms with Gasteiger partial charge >= 0.3 is 0 Å². The highest BCUT2D eigenvalue weighted by Crippen LogP contribution is 2.14. The van der Waals surface area contributed by atoms with Gasteiger partial charge in [-0.25, -0.2) is 0 Å². The second-order valence-corrected chi connectivity index (χ2v) is 6.89. The van der Waals surface area contributed by atoms with Gasteiger partial charge in [0.05, 0.1) is 19.3 Å². The zero-order valence-electron chi connectivity index (χ0n) is 16.0. The van der Waals surface area contributed by atoms with E-state index in [1.807, 2.05) is 0 Å². The molecule has 7 nitrogen and oxygen atoms in total. The summed E-state index contributed by atoms with van der Waals surface area (Å²) < 4.78 is 16.9. The number of nitrogens with one attached hydrogen (secondary N) is 2. The van der Waals surface area contributed by atoms with Crippen LogP contribution in [-0.4, -0.2) is 89.8 Å². The molecule has 2 N–H and O–H groups in total. The smallest absolute Gasteiger partial charge is 0.191 e. The summed E-state index contributed by atoms with van der Waals surface area (Å²) in [7, 11) is 2.13. The number of guanidine groups is 1. The molecule has 0 aromatic heterocycles. The maximum atomic E-state index is 5.80. The van der Waals surface area contributed by atoms with E-state index in [9.17, 15) is 0 Å². The molecule has 2 saturated heterocycles. The number of hydrogen-bond donors (Lipinski definition) is 2. The van der Waals surface area contributed by atoms with Crippen molar-refractivity contribution in [2.75, 3.05) is 72.8 Å². The van der Waals surface area contributed by atoms with Crippen LogP contribution in [0.5, 0.6) is 0 Å². The van der Waals surface area contributed by atoms with Crippen LogP contribution < -0.4 is 10.6 Å². The van der Waals surface area contributed by atoms with Gasteiger partial charge in [-0.1, -0.05) is 0 Å². The number of aliphatic imine (C=N–C) groups is 1. The van der Waals surface area contributed by atoms with E-state index in [2.05, 4.69) is 34.5 Å². The molecule has 2 rings (SSSR count). The second kappa shape index (κ2) is 12.5. The molecule has 2 aliphatic heterocycles. The second-order valence-electron chi connectivity index (χ2n) is 6.89. The summed E-state index contributed by atoms with van der Waals surface area (Å²) in [5, 5.41) is 6.67. The highest BCUT2D eigenvalue weighted by atomic mass is 16.5. The zero-order chi connectivity index (χ0) is 17.7. The number of morpholine rings is 1. The summed E-state index contributed by atoms with van der Waals surface area (Å²) in [6.07, 6.45) is 3.44. The molecule has 2 heterocycles. The number of hydrogen-bond acceptors (Lipinski definition) is 5. The van der Waals surface area contributed by atoms with E-state index in [0.717, 1.165) is 84.4 Å². The summed E-state index contributed by atoms with van der Waals surface area (Å²) in [4.78, 5) is 6.94. The van der Waals surface area contributed by atoms with E-state index >= 15 is 0 Å². The zero-order valence-corrected chi connectivity index (χ0v) is 16.0. The normalized spacial score (nSPS) is 23.6. The molecule has 0 aromatic carbocycles. The first-order valence-corrected chi connectivity index (χ1v) is 9.75. The SMILES string of the molecule is CCNC(=NCC1CN(C)CCO1)NCCCOCC1CCOCC1. The van der Waals surface area contributed by atoms with Crippen molar-refractivity contribution in [3.05, 3.63) is 0 Å². The van der Waals surface area contributed by atoms with Crippen LogP contribution in [0, 0.1) is 5.92 Å². The molecule has 146 valence electrons. The average Bonchev–Trinajstić information content (AvgIpc) is 2.63. The van der Waals surface area contributed by atoms with Crippen LogP contribution >= 0.6 is 0 Å². The van der Waals surface area contributed by atoms with Crippen molar-refractivity contribution >= 4 is 5.96 Å². The molecule has 0 spiro atoms. The van der Waals surface area contributed by atoms with E-state index < -0.39 is 0 Å². The molecule has 2 fully saturated rings. The van der Waals surface area contributed by atoms with Gasteiger partial charge in [0.1, 0.15) is 0 Å². The van der Waals surface area contributed by atoms with Gasteiger partial charge in [0.25, 0.3) is 0 Å². The first-order chi connectivity index (χ1) is 12.3. The van der Waals surface area contributed by atoms with Crippen LogP contribution in [0.1, 0.15) is 26.2 Å². The number of rotatable bonds is 9. The van der Waals surface area contributed by atoms with Crippen LogP contribution in [0.15, 0.2) is 4.99 Å². The van der Waals surface area contributed by atoms with Crippen molar-refractivity contribution in [1.82, 2.24) is 15.5 Å². The molecule has 2 aliphatic rings. The topological polar surface area (TPSA) is 67.4 Å². The molecule has 0 aliphatic carbocycles. The summed E-state index contributed by atoms with van der Waals surface area (Å²) >= 11 is 0. The molecule has 0 bridgehead atoms. The lowest BCUT2D eigenvalue weighted by Crippen LogP contribution is -2.43. The number of likely N-dealkylation sites (N-methyl/N-ethyl adjacent to an activating group) is 1. The fourth-order valence-electron chi connectivity index (χ4n) is 3.06. The lowest BCUT2D eigenvalue weighted by atomic mass is 10.0. The van der Waals surface area contributed by atoms with Crippen LogP contribution in [0.25, 0.3) is 0 Å². The lowest BCUT2D eigenvalue weighted by Gasteiger charge is -2.29. The largest absolute Gasteiger partial charge is 0.381 e. The Morgan fingerprint density at radius 3 is 2.84 bits per heavy atom. The van der Waals surface area contributed by atoms with Gasteiger partial charge in [-0.15, -0.1) is 0 Å². The summed E-state index contributed by atoms with van der Waals surface area (Å²) in [6, 6.07) is 0. The van der Waals surface area contributed by atoms with Gasteiger partial charge in [-0.2, -0.15) is 0 Å². The maximum Gasteiger partial charge on any atom is 0.191 e. The minimum absolute atomic E-state index is 0.192. The molecule has 0 aromatic rings. The van der Waals surface area contributed by atoms with E-state index in [1.165, 1.54) is 0 Å². The highest BCUT2D eigenvalue weighted by Gasteiger charge is 2.17. The molecule has 1 unspecified atom stereocenters. The number of nitrogens with zero attached hydrogens (tertiary/aromatic N) is 2. The molecule has 0 amide bonds. The first kappa shape index (κ1) is 20.4. The molecule has 0 saturated carbocycles. The van der Waals surface area contributed by atoms with Gasteiger partial charge < -0.3 is 29.7 Å². The van der Waals surface area contributed by atoms with Crippen molar-refractivity contribution in [1.29, 1.82) is 0 Å².